The van der Waals surface area contributed by atoms with E-state index in [2.05, 4.69) is 16.6 Å². The van der Waals surface area contributed by atoms with E-state index in [-0.39, 0.29) is 19.4 Å². The highest BCUT2D eigenvalue weighted by Gasteiger charge is 2.62. The number of carbonyl (C=O) groups excluding carboxylic acids is 3. The molecule has 0 spiro atoms. The molecule has 3 fully saturated rings. The van der Waals surface area contributed by atoms with Crippen LogP contribution in [0, 0.1) is 5.92 Å². The van der Waals surface area contributed by atoms with Crippen molar-refractivity contribution in [1.29, 1.82) is 0 Å². The van der Waals surface area contributed by atoms with E-state index in [1.807, 2.05) is 48.5 Å². The highest BCUT2D eigenvalue weighted by atomic mass is 32.2. The molecule has 1 aliphatic heterocycles. The number of hydrogen-bond donors (Lipinski definition) is 2. The molecule has 0 bridgehead atoms. The molecule has 2 N–H and O–H groups in total. The standard InChI is InChI=1S/C35H40N4O8S/c1-6-22-19-35(22,32(41)38-48(43,44)25-13-14-25)37-31(40)29-17-24(20-39(29)33(42)47-34(2,3)4)46-30-18-27(21-10-8-7-9-11-21)36-28-16-23(45-5)12-15-26(28)30/h6-12,15-16,18,22,24-25,29H,1,13-14,17,19-20H2,2-5H3,(H,37,40)(H,38,41)/t22-,24-,29+,35-/m1/s1. The lowest BCUT2D eigenvalue weighted by Crippen LogP contribution is -2.56. The lowest BCUT2D eigenvalue weighted by Gasteiger charge is -2.29. The number of sulfonamides is 1. The molecule has 3 aliphatic rings. The van der Waals surface area contributed by atoms with Gasteiger partial charge in [0, 0.05) is 35.4 Å². The fraction of sp³-hybridized carbons (Fsp3) is 0.429. The van der Waals surface area contributed by atoms with Gasteiger partial charge in [-0.05, 0) is 52.2 Å². The number of amides is 3. The Bertz CT molecular complexity index is 1870. The summed E-state index contributed by atoms with van der Waals surface area (Å²) < 4.78 is 45.0. The van der Waals surface area contributed by atoms with Gasteiger partial charge in [0.15, 0.2) is 0 Å². The van der Waals surface area contributed by atoms with Crippen molar-refractivity contribution < 1.29 is 37.0 Å². The number of rotatable bonds is 10. The molecule has 254 valence electrons. The average molecular weight is 677 g/mol. The Labute approximate surface area is 279 Å². The van der Waals surface area contributed by atoms with Crippen LogP contribution in [-0.2, 0) is 24.3 Å². The van der Waals surface area contributed by atoms with Crippen molar-refractivity contribution in [3.63, 3.8) is 0 Å². The molecular formula is C35H40N4O8S. The van der Waals surface area contributed by atoms with E-state index in [4.69, 9.17) is 19.2 Å². The van der Waals surface area contributed by atoms with Crippen LogP contribution in [0.3, 0.4) is 0 Å². The summed E-state index contributed by atoms with van der Waals surface area (Å²) in [4.78, 5) is 46.9. The van der Waals surface area contributed by atoms with Gasteiger partial charge in [-0.1, -0.05) is 36.4 Å². The van der Waals surface area contributed by atoms with Gasteiger partial charge in [0.05, 0.1) is 30.1 Å². The summed E-state index contributed by atoms with van der Waals surface area (Å²) in [6, 6.07) is 15.8. The monoisotopic (exact) mass is 676 g/mol. The van der Waals surface area contributed by atoms with Crippen LogP contribution in [0.25, 0.3) is 22.2 Å². The number of aromatic nitrogens is 1. The summed E-state index contributed by atoms with van der Waals surface area (Å²) in [5.41, 5.74) is -0.157. The number of benzene rings is 2. The Kier molecular flexibility index (Phi) is 8.61. The van der Waals surface area contributed by atoms with E-state index in [0.717, 1.165) is 5.56 Å². The molecule has 0 radical (unpaired) electrons. The van der Waals surface area contributed by atoms with Crippen molar-refractivity contribution in [3.8, 4) is 22.8 Å². The van der Waals surface area contributed by atoms with Crippen LogP contribution < -0.4 is 19.5 Å². The largest absolute Gasteiger partial charge is 0.497 e. The second-order valence-electron chi connectivity index (χ2n) is 13.6. The van der Waals surface area contributed by atoms with Gasteiger partial charge >= 0.3 is 6.09 Å². The minimum atomic E-state index is -3.85. The summed E-state index contributed by atoms with van der Waals surface area (Å²) in [6.45, 7) is 8.96. The first-order valence-electron chi connectivity index (χ1n) is 15.9. The van der Waals surface area contributed by atoms with Gasteiger partial charge in [-0.15, -0.1) is 6.58 Å². The van der Waals surface area contributed by atoms with Gasteiger partial charge in [0.2, 0.25) is 15.9 Å². The van der Waals surface area contributed by atoms with E-state index >= 15 is 0 Å². The summed E-state index contributed by atoms with van der Waals surface area (Å²) in [5, 5.41) is 2.88. The van der Waals surface area contributed by atoms with Crippen molar-refractivity contribution in [2.75, 3.05) is 13.7 Å². The van der Waals surface area contributed by atoms with Crippen LogP contribution in [0.15, 0.2) is 67.3 Å². The second kappa shape index (κ2) is 12.4. The maximum absolute atomic E-state index is 14.0. The Morgan fingerprint density at radius 2 is 1.81 bits per heavy atom. The predicted molar refractivity (Wildman–Crippen MR) is 179 cm³/mol. The Hall–Kier alpha value is -4.65. The maximum Gasteiger partial charge on any atom is 0.411 e. The number of hydrogen-bond acceptors (Lipinski definition) is 9. The molecule has 3 aromatic rings. The summed E-state index contributed by atoms with van der Waals surface area (Å²) >= 11 is 0. The van der Waals surface area contributed by atoms with Crippen molar-refractivity contribution in [2.24, 2.45) is 5.92 Å². The quantitative estimate of drug-likeness (QED) is 0.299. The zero-order chi connectivity index (χ0) is 34.4. The minimum Gasteiger partial charge on any atom is -0.497 e. The second-order valence-corrected chi connectivity index (χ2v) is 15.5. The van der Waals surface area contributed by atoms with Crippen molar-refractivity contribution in [3.05, 3.63) is 67.3 Å². The van der Waals surface area contributed by atoms with Crippen LogP contribution >= 0.6 is 0 Å². The molecule has 2 aromatic carbocycles. The SMILES string of the molecule is C=C[C@@H]1C[C@]1(NC(=O)[C@@H]1C[C@@H](Oc2cc(-c3ccccc3)nc3cc(OC)ccc23)CN1C(=O)OC(C)(C)C)C(=O)NS(=O)(=O)C1CC1. The van der Waals surface area contributed by atoms with E-state index in [9.17, 15) is 22.8 Å². The van der Waals surface area contributed by atoms with Crippen molar-refractivity contribution in [2.45, 2.75) is 75.0 Å². The topological polar surface area (TPSA) is 153 Å². The molecule has 6 rings (SSSR count). The third-order valence-electron chi connectivity index (χ3n) is 8.78. The number of likely N-dealkylation sites (tertiary alicyclic amines) is 1. The van der Waals surface area contributed by atoms with Gasteiger partial charge in [0.25, 0.3) is 5.91 Å². The number of fused-ring (bicyclic) bond motifs is 1. The molecule has 4 atom stereocenters. The summed E-state index contributed by atoms with van der Waals surface area (Å²) in [5.74, 6) is -0.776. The van der Waals surface area contributed by atoms with Gasteiger partial charge in [0.1, 0.15) is 34.8 Å². The maximum atomic E-state index is 14.0. The third-order valence-corrected chi connectivity index (χ3v) is 10.6. The molecule has 3 amide bonds. The van der Waals surface area contributed by atoms with Gasteiger partial charge in [-0.3, -0.25) is 19.2 Å². The number of methoxy groups -OCH3 is 1. The first kappa shape index (κ1) is 33.3. The smallest absolute Gasteiger partial charge is 0.411 e. The first-order valence-corrected chi connectivity index (χ1v) is 17.5. The zero-order valence-electron chi connectivity index (χ0n) is 27.4. The van der Waals surface area contributed by atoms with E-state index in [1.54, 1.807) is 33.9 Å². The zero-order valence-corrected chi connectivity index (χ0v) is 28.2. The van der Waals surface area contributed by atoms with Crippen molar-refractivity contribution in [1.82, 2.24) is 19.9 Å². The fourth-order valence-corrected chi connectivity index (χ4v) is 7.37. The van der Waals surface area contributed by atoms with Gasteiger partial charge in [-0.2, -0.15) is 0 Å². The highest BCUT2D eigenvalue weighted by molar-refractivity contribution is 7.91. The molecule has 2 saturated carbocycles. The molecule has 2 heterocycles. The molecule has 1 saturated heterocycles. The number of pyridine rings is 1. The number of carbonyl (C=O) groups is 3. The molecular weight excluding hydrogens is 636 g/mol. The molecule has 13 heteroatoms. The van der Waals surface area contributed by atoms with Gasteiger partial charge < -0.3 is 19.5 Å². The van der Waals surface area contributed by atoms with E-state index < -0.39 is 62.4 Å². The van der Waals surface area contributed by atoms with Crippen LogP contribution in [0.1, 0.15) is 46.5 Å². The molecule has 48 heavy (non-hydrogen) atoms. The Morgan fingerprint density at radius 3 is 2.44 bits per heavy atom. The summed E-state index contributed by atoms with van der Waals surface area (Å²) in [7, 11) is -2.28. The first-order chi connectivity index (χ1) is 22.7. The minimum absolute atomic E-state index is 0.0216. The summed E-state index contributed by atoms with van der Waals surface area (Å²) in [6.07, 6.45) is 1.39. The molecule has 0 unspecified atom stereocenters. The molecule has 1 aromatic heterocycles. The third kappa shape index (κ3) is 6.82. The Balaban J connectivity index is 1.29. The van der Waals surface area contributed by atoms with Gasteiger partial charge in [-0.25, -0.2) is 18.2 Å². The molecule has 12 nitrogen and oxygen atoms in total. The average Bonchev–Trinajstić information content (AvgIpc) is 3.97. The number of ether oxygens (including phenoxy) is 3. The van der Waals surface area contributed by atoms with E-state index in [1.165, 1.54) is 11.0 Å². The van der Waals surface area contributed by atoms with Crippen LogP contribution in [0.5, 0.6) is 11.5 Å². The van der Waals surface area contributed by atoms with Crippen LogP contribution in [0.4, 0.5) is 4.79 Å². The predicted octanol–water partition coefficient (Wildman–Crippen LogP) is 4.34. The number of nitrogens with zero attached hydrogens (tertiary/aromatic N) is 2. The number of nitrogens with one attached hydrogen (secondary N) is 2. The van der Waals surface area contributed by atoms with Crippen LogP contribution in [-0.4, -0.2) is 78.4 Å². The van der Waals surface area contributed by atoms with Crippen molar-refractivity contribution >= 4 is 38.8 Å². The van der Waals surface area contributed by atoms with Crippen LogP contribution in [0.2, 0.25) is 0 Å². The highest BCUT2D eigenvalue weighted by Crippen LogP contribution is 2.45. The Morgan fingerprint density at radius 1 is 1.08 bits per heavy atom. The lowest BCUT2D eigenvalue weighted by atomic mass is 10.1. The van der Waals surface area contributed by atoms with E-state index in [0.29, 0.717) is 40.9 Å². The molecule has 2 aliphatic carbocycles. The normalized spacial score (nSPS) is 23.7. The lowest BCUT2D eigenvalue weighted by molar-refractivity contribution is -0.131. The fourth-order valence-electron chi connectivity index (χ4n) is 6.01.